The van der Waals surface area contributed by atoms with E-state index in [0.29, 0.717) is 6.04 Å². The molecule has 0 aromatic heterocycles. The van der Waals surface area contributed by atoms with Gasteiger partial charge in [-0.3, -0.25) is 0 Å². The van der Waals surface area contributed by atoms with Crippen molar-refractivity contribution in [1.29, 1.82) is 0 Å². The van der Waals surface area contributed by atoms with E-state index in [1.54, 1.807) is 0 Å². The molecule has 21 heavy (non-hydrogen) atoms. The van der Waals surface area contributed by atoms with Crippen molar-refractivity contribution in [2.24, 2.45) is 0 Å². The zero-order chi connectivity index (χ0) is 15.4. The molecule has 2 aromatic carbocycles. The van der Waals surface area contributed by atoms with Crippen LogP contribution in [0.2, 0.25) is 0 Å². The van der Waals surface area contributed by atoms with Gasteiger partial charge in [-0.2, -0.15) is 0 Å². The van der Waals surface area contributed by atoms with Crippen LogP contribution in [0.4, 0.5) is 0 Å². The SMILES string of the molecule is Cc1ccc(Sc2ccc(C)c(C)c2)c(CNC(C)C)c1. The Morgan fingerprint density at radius 2 is 1.71 bits per heavy atom. The van der Waals surface area contributed by atoms with Crippen molar-refractivity contribution >= 4 is 11.8 Å². The van der Waals surface area contributed by atoms with Crippen LogP contribution in [-0.4, -0.2) is 6.04 Å². The monoisotopic (exact) mass is 299 g/mol. The molecule has 0 aliphatic carbocycles. The Labute approximate surface area is 133 Å². The lowest BCUT2D eigenvalue weighted by atomic mass is 10.1. The largest absolute Gasteiger partial charge is 0.310 e. The van der Waals surface area contributed by atoms with Gasteiger partial charge in [0.25, 0.3) is 0 Å². The average Bonchev–Trinajstić information content (AvgIpc) is 2.43. The third-order valence-electron chi connectivity index (χ3n) is 3.62. The van der Waals surface area contributed by atoms with Crippen molar-refractivity contribution in [3.05, 3.63) is 58.7 Å². The average molecular weight is 299 g/mol. The maximum atomic E-state index is 3.52. The lowest BCUT2D eigenvalue weighted by molar-refractivity contribution is 0.584. The molecule has 0 amide bonds. The van der Waals surface area contributed by atoms with Gasteiger partial charge in [0.2, 0.25) is 0 Å². The summed E-state index contributed by atoms with van der Waals surface area (Å²) in [7, 11) is 0. The fraction of sp³-hybridized carbons (Fsp3) is 0.368. The van der Waals surface area contributed by atoms with Crippen molar-refractivity contribution in [3.63, 3.8) is 0 Å². The van der Waals surface area contributed by atoms with Crippen LogP contribution in [0, 0.1) is 20.8 Å². The van der Waals surface area contributed by atoms with E-state index in [4.69, 9.17) is 0 Å². The maximum absolute atomic E-state index is 3.52. The first-order valence-electron chi connectivity index (χ1n) is 7.53. The molecule has 1 nitrogen and oxygen atoms in total. The zero-order valence-corrected chi connectivity index (χ0v) is 14.5. The van der Waals surface area contributed by atoms with Crippen molar-refractivity contribution in [2.75, 3.05) is 0 Å². The number of aryl methyl sites for hydroxylation is 3. The molecule has 2 rings (SSSR count). The number of rotatable bonds is 5. The van der Waals surface area contributed by atoms with Crippen molar-refractivity contribution in [1.82, 2.24) is 5.32 Å². The summed E-state index contributed by atoms with van der Waals surface area (Å²) in [5, 5.41) is 3.52. The summed E-state index contributed by atoms with van der Waals surface area (Å²) >= 11 is 1.86. The van der Waals surface area contributed by atoms with Crippen LogP contribution in [0.3, 0.4) is 0 Å². The van der Waals surface area contributed by atoms with Gasteiger partial charge in [0.1, 0.15) is 0 Å². The van der Waals surface area contributed by atoms with Gasteiger partial charge in [-0.25, -0.2) is 0 Å². The van der Waals surface area contributed by atoms with Gasteiger partial charge < -0.3 is 5.32 Å². The Kier molecular flexibility index (Phi) is 5.49. The number of nitrogens with one attached hydrogen (secondary N) is 1. The van der Waals surface area contributed by atoms with E-state index in [0.717, 1.165) is 6.54 Å². The van der Waals surface area contributed by atoms with Gasteiger partial charge in [0.05, 0.1) is 0 Å². The molecule has 0 radical (unpaired) electrons. The Balaban J connectivity index is 2.23. The van der Waals surface area contributed by atoms with Crippen molar-refractivity contribution in [3.8, 4) is 0 Å². The summed E-state index contributed by atoms with van der Waals surface area (Å²) in [6, 6.07) is 13.9. The molecule has 0 fully saturated rings. The molecule has 1 N–H and O–H groups in total. The van der Waals surface area contributed by atoms with Gasteiger partial charge in [-0.05, 0) is 55.7 Å². The van der Waals surface area contributed by atoms with E-state index < -0.39 is 0 Å². The molecule has 0 aliphatic heterocycles. The number of hydrogen-bond donors (Lipinski definition) is 1. The van der Waals surface area contributed by atoms with E-state index in [1.807, 2.05) is 11.8 Å². The predicted octanol–water partition coefficient (Wildman–Crippen LogP) is 5.26. The first-order valence-corrected chi connectivity index (χ1v) is 8.35. The molecule has 2 aromatic rings. The van der Waals surface area contributed by atoms with E-state index in [-0.39, 0.29) is 0 Å². The Bertz CT molecular complexity index is 617. The number of benzene rings is 2. The fourth-order valence-corrected chi connectivity index (χ4v) is 3.19. The van der Waals surface area contributed by atoms with E-state index >= 15 is 0 Å². The van der Waals surface area contributed by atoms with Gasteiger partial charge >= 0.3 is 0 Å². The highest BCUT2D eigenvalue weighted by Gasteiger charge is 2.06. The molecule has 0 heterocycles. The topological polar surface area (TPSA) is 12.0 Å². The summed E-state index contributed by atoms with van der Waals surface area (Å²) in [6.45, 7) is 11.8. The molecule has 0 aliphatic rings. The van der Waals surface area contributed by atoms with Crippen LogP contribution in [0.25, 0.3) is 0 Å². The van der Waals surface area contributed by atoms with Gasteiger partial charge in [0.15, 0.2) is 0 Å². The third kappa shape index (κ3) is 4.62. The molecule has 0 saturated carbocycles. The third-order valence-corrected chi connectivity index (χ3v) is 4.73. The smallest absolute Gasteiger partial charge is 0.0219 e. The van der Waals surface area contributed by atoms with Crippen LogP contribution < -0.4 is 5.32 Å². The Hall–Kier alpha value is -1.25. The van der Waals surface area contributed by atoms with Crippen molar-refractivity contribution in [2.45, 2.75) is 57.0 Å². The Morgan fingerprint density at radius 3 is 2.38 bits per heavy atom. The summed E-state index contributed by atoms with van der Waals surface area (Å²) in [5.74, 6) is 0. The molecule has 0 unspecified atom stereocenters. The second-order valence-electron chi connectivity index (χ2n) is 5.99. The lowest BCUT2D eigenvalue weighted by Crippen LogP contribution is -2.22. The highest BCUT2D eigenvalue weighted by Crippen LogP contribution is 2.32. The van der Waals surface area contributed by atoms with E-state index in [2.05, 4.69) is 76.3 Å². The minimum absolute atomic E-state index is 0.505. The van der Waals surface area contributed by atoms with Gasteiger partial charge in [-0.15, -0.1) is 0 Å². The molecule has 0 bridgehead atoms. The second-order valence-corrected chi connectivity index (χ2v) is 7.11. The van der Waals surface area contributed by atoms with Crippen molar-refractivity contribution < 1.29 is 0 Å². The van der Waals surface area contributed by atoms with E-state index in [9.17, 15) is 0 Å². The van der Waals surface area contributed by atoms with Gasteiger partial charge in [0, 0.05) is 22.4 Å². The molecule has 0 spiro atoms. The second kappa shape index (κ2) is 7.15. The predicted molar refractivity (Wildman–Crippen MR) is 93.2 cm³/mol. The highest BCUT2D eigenvalue weighted by atomic mass is 32.2. The minimum Gasteiger partial charge on any atom is -0.310 e. The lowest BCUT2D eigenvalue weighted by Gasteiger charge is -2.14. The van der Waals surface area contributed by atoms with Crippen LogP contribution >= 0.6 is 11.8 Å². The summed E-state index contributed by atoms with van der Waals surface area (Å²) in [5.41, 5.74) is 5.41. The van der Waals surface area contributed by atoms with E-state index in [1.165, 1.54) is 32.0 Å². The molecule has 0 atom stereocenters. The normalized spacial score (nSPS) is 11.1. The minimum atomic E-state index is 0.505. The Morgan fingerprint density at radius 1 is 0.952 bits per heavy atom. The zero-order valence-electron chi connectivity index (χ0n) is 13.7. The summed E-state index contributed by atoms with van der Waals surface area (Å²) in [4.78, 5) is 2.66. The molecule has 0 saturated heterocycles. The fourth-order valence-electron chi connectivity index (χ4n) is 2.16. The van der Waals surface area contributed by atoms with Crippen LogP contribution in [0.5, 0.6) is 0 Å². The first-order chi connectivity index (χ1) is 9.95. The summed E-state index contributed by atoms with van der Waals surface area (Å²) in [6.07, 6.45) is 0. The summed E-state index contributed by atoms with van der Waals surface area (Å²) < 4.78 is 0. The quantitative estimate of drug-likeness (QED) is 0.808. The highest BCUT2D eigenvalue weighted by molar-refractivity contribution is 7.99. The molecular weight excluding hydrogens is 274 g/mol. The maximum Gasteiger partial charge on any atom is 0.0219 e. The van der Waals surface area contributed by atoms with Crippen LogP contribution in [-0.2, 0) is 6.54 Å². The van der Waals surface area contributed by atoms with Crippen LogP contribution in [0.1, 0.15) is 36.1 Å². The first kappa shape index (κ1) is 16.1. The number of hydrogen-bond acceptors (Lipinski definition) is 2. The standard InChI is InChI=1S/C19H25NS/c1-13(2)20-12-17-10-14(3)6-9-19(17)21-18-8-7-15(4)16(5)11-18/h6-11,13,20H,12H2,1-5H3. The van der Waals surface area contributed by atoms with Gasteiger partial charge in [-0.1, -0.05) is 49.4 Å². The molecule has 112 valence electrons. The molecule has 2 heteroatoms. The van der Waals surface area contributed by atoms with Crippen LogP contribution in [0.15, 0.2) is 46.2 Å². The molecular formula is C19H25NS.